The van der Waals surface area contributed by atoms with E-state index < -0.39 is 18.1 Å². The van der Waals surface area contributed by atoms with Gasteiger partial charge < -0.3 is 26.0 Å². The maximum absolute atomic E-state index is 13.3. The fraction of sp³-hybridized carbons (Fsp3) is 0.708. The summed E-state index contributed by atoms with van der Waals surface area (Å²) >= 11 is 0. The van der Waals surface area contributed by atoms with Crippen molar-refractivity contribution in [1.29, 1.82) is 0 Å². The summed E-state index contributed by atoms with van der Waals surface area (Å²) in [6.45, 7) is 4.32. The largest absolute Gasteiger partial charge is 0.404 e. The van der Waals surface area contributed by atoms with Crippen LogP contribution in [0.3, 0.4) is 0 Å². The summed E-state index contributed by atoms with van der Waals surface area (Å²) in [5.41, 5.74) is 8.06. The average molecular weight is 512 g/mol. The third-order valence-electron chi connectivity index (χ3n) is 7.81. The Morgan fingerprint density at radius 1 is 1.17 bits per heavy atom. The number of piperidine rings is 2. The number of hydrogen-bond acceptors (Lipinski definition) is 8. The van der Waals surface area contributed by atoms with Crippen LogP contribution in [0.1, 0.15) is 29.6 Å². The minimum Gasteiger partial charge on any atom is -0.382 e. The van der Waals surface area contributed by atoms with Gasteiger partial charge in [-0.2, -0.15) is 13.2 Å². The van der Waals surface area contributed by atoms with Gasteiger partial charge in [-0.15, -0.1) is 0 Å². The monoisotopic (exact) mass is 511 g/mol. The molecule has 4 heterocycles. The summed E-state index contributed by atoms with van der Waals surface area (Å²) in [5, 5.41) is 12.1. The van der Waals surface area contributed by atoms with E-state index in [2.05, 4.69) is 37.0 Å². The number of hydrazine groups is 1. The summed E-state index contributed by atoms with van der Waals surface area (Å²) in [4.78, 5) is 15.1. The van der Waals surface area contributed by atoms with Crippen LogP contribution in [-0.4, -0.2) is 87.3 Å². The molecule has 4 saturated heterocycles. The van der Waals surface area contributed by atoms with Gasteiger partial charge in [0.25, 0.3) is 5.91 Å². The molecule has 9 nitrogen and oxygen atoms in total. The Morgan fingerprint density at radius 2 is 2.06 bits per heavy atom. The van der Waals surface area contributed by atoms with Crippen LogP contribution in [0, 0.1) is 11.8 Å². The third kappa shape index (κ3) is 5.79. The van der Waals surface area contributed by atoms with E-state index in [0.29, 0.717) is 44.0 Å². The van der Waals surface area contributed by atoms with Gasteiger partial charge in [-0.3, -0.25) is 9.69 Å². The predicted molar refractivity (Wildman–Crippen MR) is 129 cm³/mol. The Labute approximate surface area is 209 Å². The highest BCUT2D eigenvalue weighted by molar-refractivity contribution is 5.95. The molecule has 5 rings (SSSR count). The molecule has 36 heavy (non-hydrogen) atoms. The topological polar surface area (TPSA) is 102 Å². The van der Waals surface area contributed by atoms with Crippen LogP contribution in [0.25, 0.3) is 0 Å². The van der Waals surface area contributed by atoms with Crippen LogP contribution in [0.2, 0.25) is 0 Å². The van der Waals surface area contributed by atoms with Gasteiger partial charge in [-0.1, -0.05) is 6.07 Å². The standard InChI is InChI=1S/C24H36F3N7O2/c25-24(26,27)21-16(4-2-7-29-21)12-31-23(35)15-3-1-5-17(11-15)30-14-20-32-33-22-18-6-8-28-13-19(18)36-10-9-34(20)22/h1,3,5,11,16,18-22,28-30,32-33H,2,4,6-10,12-14H2,(H,31,35). The van der Waals surface area contributed by atoms with Crippen LogP contribution >= 0.6 is 0 Å². The predicted octanol–water partition coefficient (Wildman–Crippen LogP) is 0.829. The van der Waals surface area contributed by atoms with Crippen molar-refractivity contribution < 1.29 is 22.7 Å². The van der Waals surface area contributed by atoms with Crippen molar-refractivity contribution in [3.63, 3.8) is 0 Å². The molecule has 12 heteroatoms. The molecule has 0 aromatic heterocycles. The molecule has 4 aliphatic rings. The summed E-state index contributed by atoms with van der Waals surface area (Å²) < 4.78 is 46.0. The van der Waals surface area contributed by atoms with Crippen LogP contribution in [-0.2, 0) is 4.74 Å². The molecule has 6 N–H and O–H groups in total. The van der Waals surface area contributed by atoms with Crippen LogP contribution in [0.5, 0.6) is 0 Å². The first-order chi connectivity index (χ1) is 17.4. The molecule has 1 amide bonds. The van der Waals surface area contributed by atoms with Crippen molar-refractivity contribution in [1.82, 2.24) is 31.7 Å². The number of benzene rings is 1. The molecule has 0 saturated carbocycles. The molecule has 0 bridgehead atoms. The van der Waals surface area contributed by atoms with Gasteiger partial charge in [0.15, 0.2) is 0 Å². The molecule has 0 radical (unpaired) electrons. The van der Waals surface area contributed by atoms with Gasteiger partial charge in [0.1, 0.15) is 6.04 Å². The number of hydrogen-bond donors (Lipinski definition) is 6. The van der Waals surface area contributed by atoms with E-state index in [4.69, 9.17) is 4.74 Å². The summed E-state index contributed by atoms with van der Waals surface area (Å²) in [5.74, 6) is -0.628. The first kappa shape index (κ1) is 25.7. The summed E-state index contributed by atoms with van der Waals surface area (Å²) in [6.07, 6.45) is -1.70. The Hall–Kier alpha value is -1.96. The maximum Gasteiger partial charge on any atom is 0.404 e. The van der Waals surface area contributed by atoms with Crippen LogP contribution < -0.4 is 32.1 Å². The number of nitrogens with one attached hydrogen (secondary N) is 6. The third-order valence-corrected chi connectivity index (χ3v) is 7.81. The molecule has 1 aromatic rings. The van der Waals surface area contributed by atoms with E-state index in [1.54, 1.807) is 18.2 Å². The van der Waals surface area contributed by atoms with E-state index >= 15 is 0 Å². The van der Waals surface area contributed by atoms with Crippen molar-refractivity contribution in [2.75, 3.05) is 51.2 Å². The van der Waals surface area contributed by atoms with Crippen molar-refractivity contribution in [2.45, 2.75) is 49.9 Å². The first-order valence-electron chi connectivity index (χ1n) is 12.9. The van der Waals surface area contributed by atoms with Crippen molar-refractivity contribution >= 4 is 11.6 Å². The lowest BCUT2D eigenvalue weighted by Gasteiger charge is -2.36. The molecule has 0 aliphatic carbocycles. The maximum atomic E-state index is 13.3. The first-order valence-corrected chi connectivity index (χ1v) is 12.9. The number of rotatable bonds is 6. The summed E-state index contributed by atoms with van der Waals surface area (Å²) in [6, 6.07) is 5.50. The summed E-state index contributed by atoms with van der Waals surface area (Å²) in [7, 11) is 0. The SMILES string of the molecule is O=C(NCC1CCCNC1C(F)(F)F)c1cccc(NCC2NNC3C4CCNCC4OCCN23)c1. The van der Waals surface area contributed by atoms with E-state index in [0.717, 1.165) is 31.7 Å². The highest BCUT2D eigenvalue weighted by Gasteiger charge is 2.46. The van der Waals surface area contributed by atoms with Crippen molar-refractivity contribution in [2.24, 2.45) is 11.8 Å². The fourth-order valence-corrected chi connectivity index (χ4v) is 5.93. The number of fused-ring (bicyclic) bond motifs is 3. The average Bonchev–Trinajstić information content (AvgIpc) is 3.19. The number of amides is 1. The van der Waals surface area contributed by atoms with Gasteiger partial charge in [-0.25, -0.2) is 10.9 Å². The van der Waals surface area contributed by atoms with Gasteiger partial charge in [0.05, 0.1) is 25.0 Å². The lowest BCUT2D eigenvalue weighted by Crippen LogP contribution is -2.53. The number of anilines is 1. The van der Waals surface area contributed by atoms with E-state index in [1.165, 1.54) is 0 Å². The smallest absolute Gasteiger partial charge is 0.382 e. The number of ether oxygens (including phenoxy) is 1. The molecule has 6 atom stereocenters. The van der Waals surface area contributed by atoms with Crippen molar-refractivity contribution in [3.05, 3.63) is 29.8 Å². The second-order valence-electron chi connectivity index (χ2n) is 10.1. The van der Waals surface area contributed by atoms with E-state index in [-0.39, 0.29) is 30.9 Å². The number of nitrogens with zero attached hydrogens (tertiary/aromatic N) is 1. The number of carbonyl (C=O) groups excluding carboxylic acids is 1. The number of halogens is 3. The Balaban J connectivity index is 1.15. The highest BCUT2D eigenvalue weighted by Crippen LogP contribution is 2.31. The van der Waals surface area contributed by atoms with Gasteiger partial charge in [0.2, 0.25) is 0 Å². The van der Waals surface area contributed by atoms with Gasteiger partial charge in [0, 0.05) is 49.3 Å². The molecule has 200 valence electrons. The van der Waals surface area contributed by atoms with Crippen molar-refractivity contribution in [3.8, 4) is 0 Å². The normalized spacial score (nSPS) is 33.3. The van der Waals surface area contributed by atoms with Gasteiger partial charge in [-0.05, 0) is 50.6 Å². The van der Waals surface area contributed by atoms with Gasteiger partial charge >= 0.3 is 6.18 Å². The second kappa shape index (κ2) is 11.2. The highest BCUT2D eigenvalue weighted by atomic mass is 19.4. The second-order valence-corrected chi connectivity index (χ2v) is 10.1. The van der Waals surface area contributed by atoms with E-state index in [1.807, 2.05) is 6.07 Å². The molecular weight excluding hydrogens is 475 g/mol. The fourth-order valence-electron chi connectivity index (χ4n) is 5.93. The minimum absolute atomic E-state index is 0.0125. The molecule has 6 unspecified atom stereocenters. The zero-order valence-electron chi connectivity index (χ0n) is 20.2. The van der Waals surface area contributed by atoms with E-state index in [9.17, 15) is 18.0 Å². The zero-order valence-corrected chi connectivity index (χ0v) is 20.2. The lowest BCUT2D eigenvalue weighted by atomic mass is 9.90. The Kier molecular flexibility index (Phi) is 7.99. The Bertz CT molecular complexity index is 905. The molecule has 4 fully saturated rings. The van der Waals surface area contributed by atoms with Crippen LogP contribution in [0.4, 0.5) is 18.9 Å². The molecular formula is C24H36F3N7O2. The molecule has 0 spiro atoms. The zero-order chi connectivity index (χ0) is 25.1. The number of alkyl halides is 3. The van der Waals surface area contributed by atoms with Crippen LogP contribution in [0.15, 0.2) is 24.3 Å². The minimum atomic E-state index is -4.32. The quantitative estimate of drug-likeness (QED) is 0.334. The molecule has 4 aliphatic heterocycles. The lowest BCUT2D eigenvalue weighted by molar-refractivity contribution is -0.171. The number of carbonyl (C=O) groups is 1. The molecule has 1 aromatic carbocycles. The Morgan fingerprint density at radius 3 is 2.92 bits per heavy atom.